The number of amides is 2. The van der Waals surface area contributed by atoms with Crippen LogP contribution in [0.2, 0.25) is 0 Å². The van der Waals surface area contributed by atoms with Gasteiger partial charge in [0.15, 0.2) is 0 Å². The molecule has 0 spiro atoms. The van der Waals surface area contributed by atoms with Gasteiger partial charge >= 0.3 is 6.03 Å². The van der Waals surface area contributed by atoms with Crippen molar-refractivity contribution < 1.29 is 14.3 Å². The van der Waals surface area contributed by atoms with Crippen LogP contribution in [0.4, 0.5) is 10.5 Å². The second-order valence-electron chi connectivity index (χ2n) is 7.82. The van der Waals surface area contributed by atoms with Crippen LogP contribution in [0.3, 0.4) is 0 Å². The van der Waals surface area contributed by atoms with Gasteiger partial charge in [0.05, 0.1) is 24.1 Å². The van der Waals surface area contributed by atoms with Crippen LogP contribution >= 0.6 is 0 Å². The standard InChI is InChI=1S/C25H36N6O3/c1-5-6-7-15-29-21(13-14-26)19-11-12-23(18(2)16-19)34-17-20-22(9-8-10-24(20)33-4)31(28)25(32)30(3)27/h8-14,16H,5-7,15,17,26-28H2,1-4H3. The summed E-state index contributed by atoms with van der Waals surface area (Å²) in [6.45, 7) is 5.02. The number of hydrogen-bond donors (Lipinski definition) is 3. The fourth-order valence-corrected chi connectivity index (χ4v) is 3.40. The minimum absolute atomic E-state index is 0.134. The molecule has 0 bridgehead atoms. The Bertz CT molecular complexity index is 1020. The molecule has 0 aliphatic heterocycles. The number of aryl methyl sites for hydroxylation is 1. The molecule has 0 aliphatic rings. The van der Waals surface area contributed by atoms with E-state index >= 15 is 0 Å². The second-order valence-corrected chi connectivity index (χ2v) is 7.82. The molecule has 0 unspecified atom stereocenters. The van der Waals surface area contributed by atoms with E-state index in [2.05, 4.69) is 6.92 Å². The van der Waals surface area contributed by atoms with E-state index in [0.29, 0.717) is 22.7 Å². The Kier molecular flexibility index (Phi) is 10.4. The first kappa shape index (κ1) is 26.7. The van der Waals surface area contributed by atoms with Crippen molar-refractivity contribution in [3.05, 3.63) is 65.4 Å². The van der Waals surface area contributed by atoms with Gasteiger partial charge in [-0.05, 0) is 61.5 Å². The molecule has 0 saturated carbocycles. The quantitative estimate of drug-likeness (QED) is 0.152. The lowest BCUT2D eigenvalue weighted by Gasteiger charge is -2.24. The lowest BCUT2D eigenvalue weighted by Crippen LogP contribution is -2.49. The van der Waals surface area contributed by atoms with Crippen LogP contribution in [0.15, 0.2) is 53.7 Å². The summed E-state index contributed by atoms with van der Waals surface area (Å²) < 4.78 is 11.6. The number of carbonyl (C=O) groups excluding carboxylic acids is 1. The third-order valence-corrected chi connectivity index (χ3v) is 5.24. The summed E-state index contributed by atoms with van der Waals surface area (Å²) in [6, 6.07) is 10.5. The molecular weight excluding hydrogens is 432 g/mol. The molecule has 0 saturated heterocycles. The molecule has 2 amide bonds. The van der Waals surface area contributed by atoms with Gasteiger partial charge < -0.3 is 15.2 Å². The number of aliphatic imine (C=N–C) groups is 1. The summed E-state index contributed by atoms with van der Waals surface area (Å²) in [4.78, 5) is 17.0. The molecule has 0 aliphatic carbocycles. The molecule has 0 radical (unpaired) electrons. The lowest BCUT2D eigenvalue weighted by atomic mass is 10.1. The highest BCUT2D eigenvalue weighted by Gasteiger charge is 2.20. The van der Waals surface area contributed by atoms with Gasteiger partial charge in [0.25, 0.3) is 0 Å². The van der Waals surface area contributed by atoms with E-state index in [4.69, 9.17) is 31.9 Å². The zero-order valence-electron chi connectivity index (χ0n) is 20.5. The molecule has 184 valence electrons. The van der Waals surface area contributed by atoms with E-state index in [-0.39, 0.29) is 6.61 Å². The van der Waals surface area contributed by atoms with Crippen LogP contribution in [-0.4, -0.2) is 37.5 Å². The summed E-state index contributed by atoms with van der Waals surface area (Å²) in [5, 5.41) is 1.88. The van der Waals surface area contributed by atoms with Crippen molar-refractivity contribution in [2.24, 2.45) is 22.4 Å². The van der Waals surface area contributed by atoms with Crippen molar-refractivity contribution in [2.75, 3.05) is 25.7 Å². The SMILES string of the molecule is CCCCCN=C(C=CN)c1ccc(OCc2c(OC)cccc2N(N)C(=O)N(C)N)c(C)c1. The number of anilines is 1. The first-order valence-electron chi connectivity index (χ1n) is 11.2. The van der Waals surface area contributed by atoms with Crippen molar-refractivity contribution in [3.63, 3.8) is 0 Å². The highest BCUT2D eigenvalue weighted by molar-refractivity contribution is 6.08. The third-order valence-electron chi connectivity index (χ3n) is 5.24. The highest BCUT2D eigenvalue weighted by Crippen LogP contribution is 2.31. The zero-order chi connectivity index (χ0) is 25.1. The maximum Gasteiger partial charge on any atom is 0.352 e. The second kappa shape index (κ2) is 13.2. The summed E-state index contributed by atoms with van der Waals surface area (Å²) in [5.74, 6) is 12.8. The maximum atomic E-state index is 12.3. The summed E-state index contributed by atoms with van der Waals surface area (Å²) >= 11 is 0. The normalized spacial score (nSPS) is 11.5. The minimum Gasteiger partial charge on any atom is -0.496 e. The monoisotopic (exact) mass is 468 g/mol. The van der Waals surface area contributed by atoms with E-state index in [9.17, 15) is 4.79 Å². The fourth-order valence-electron chi connectivity index (χ4n) is 3.40. The molecule has 6 N–H and O–H groups in total. The molecule has 0 heterocycles. The number of hydrazine groups is 2. The van der Waals surface area contributed by atoms with Crippen LogP contribution in [0.25, 0.3) is 0 Å². The van der Waals surface area contributed by atoms with Gasteiger partial charge in [0, 0.05) is 19.2 Å². The average molecular weight is 469 g/mol. The fraction of sp³-hybridized carbons (Fsp3) is 0.360. The number of benzene rings is 2. The van der Waals surface area contributed by atoms with E-state index in [1.807, 2.05) is 31.2 Å². The summed E-state index contributed by atoms with van der Waals surface area (Å²) in [7, 11) is 2.97. The van der Waals surface area contributed by atoms with E-state index in [0.717, 1.165) is 52.7 Å². The van der Waals surface area contributed by atoms with E-state index < -0.39 is 6.03 Å². The lowest BCUT2D eigenvalue weighted by molar-refractivity contribution is 0.216. The van der Waals surface area contributed by atoms with E-state index in [1.54, 1.807) is 25.3 Å². The average Bonchev–Trinajstić information content (AvgIpc) is 2.83. The summed E-state index contributed by atoms with van der Waals surface area (Å²) in [5.41, 5.74) is 9.43. The highest BCUT2D eigenvalue weighted by atomic mass is 16.5. The van der Waals surface area contributed by atoms with Gasteiger partial charge in [0.1, 0.15) is 18.1 Å². The Labute approximate surface area is 201 Å². The van der Waals surface area contributed by atoms with Crippen molar-refractivity contribution in [1.82, 2.24) is 5.01 Å². The van der Waals surface area contributed by atoms with E-state index in [1.165, 1.54) is 13.2 Å². The Hall–Kier alpha value is -3.56. The smallest absolute Gasteiger partial charge is 0.352 e. The number of hydrogen-bond acceptors (Lipinski definition) is 7. The predicted octanol–water partition coefficient (Wildman–Crippen LogP) is 3.64. The number of methoxy groups -OCH3 is 1. The number of unbranched alkanes of at least 4 members (excludes halogenated alkanes) is 2. The minimum atomic E-state index is -0.575. The van der Waals surface area contributed by atoms with Crippen LogP contribution in [0.1, 0.15) is 42.9 Å². The molecule has 9 nitrogen and oxygen atoms in total. The first-order chi connectivity index (χ1) is 16.3. The van der Waals surface area contributed by atoms with Gasteiger partial charge in [-0.2, -0.15) is 0 Å². The number of rotatable bonds is 11. The number of nitrogens with zero attached hydrogens (tertiary/aromatic N) is 3. The number of carbonyl (C=O) groups is 1. The number of urea groups is 1. The Morgan fingerprint density at radius 1 is 1.15 bits per heavy atom. The topological polar surface area (TPSA) is 132 Å². The number of nitrogens with two attached hydrogens (primary N) is 3. The van der Waals surface area contributed by atoms with Gasteiger partial charge in [-0.1, -0.05) is 25.8 Å². The molecule has 2 aromatic rings. The van der Waals surface area contributed by atoms with Gasteiger partial charge in [-0.25, -0.2) is 21.5 Å². The molecular formula is C25H36N6O3. The number of allylic oxidation sites excluding steroid dienone is 1. The summed E-state index contributed by atoms with van der Waals surface area (Å²) in [6.07, 6.45) is 6.65. The van der Waals surface area contributed by atoms with Crippen molar-refractivity contribution in [1.29, 1.82) is 0 Å². The Balaban J connectivity index is 2.27. The molecule has 34 heavy (non-hydrogen) atoms. The van der Waals surface area contributed by atoms with Gasteiger partial charge in [0.2, 0.25) is 0 Å². The Morgan fingerprint density at radius 2 is 1.91 bits per heavy atom. The molecule has 9 heteroatoms. The molecule has 0 atom stereocenters. The van der Waals surface area contributed by atoms with Crippen molar-refractivity contribution >= 4 is 17.4 Å². The molecule has 0 fully saturated rings. The number of ether oxygens (including phenoxy) is 2. The Morgan fingerprint density at radius 3 is 2.53 bits per heavy atom. The van der Waals surface area contributed by atoms with Crippen molar-refractivity contribution in [3.8, 4) is 11.5 Å². The van der Waals surface area contributed by atoms with Gasteiger partial charge in [-0.15, -0.1) is 0 Å². The van der Waals surface area contributed by atoms with Crippen LogP contribution in [0, 0.1) is 6.92 Å². The molecule has 2 aromatic carbocycles. The maximum absolute atomic E-state index is 12.3. The largest absolute Gasteiger partial charge is 0.496 e. The van der Waals surface area contributed by atoms with Crippen LogP contribution < -0.4 is 31.9 Å². The van der Waals surface area contributed by atoms with Crippen LogP contribution in [-0.2, 0) is 6.61 Å². The zero-order valence-corrected chi connectivity index (χ0v) is 20.5. The molecule has 2 rings (SSSR count). The van der Waals surface area contributed by atoms with Crippen LogP contribution in [0.5, 0.6) is 11.5 Å². The van der Waals surface area contributed by atoms with Gasteiger partial charge in [-0.3, -0.25) is 10.0 Å². The van der Waals surface area contributed by atoms with Crippen molar-refractivity contribution in [2.45, 2.75) is 39.7 Å². The molecule has 0 aromatic heterocycles. The first-order valence-corrected chi connectivity index (χ1v) is 11.2. The third kappa shape index (κ3) is 6.97. The predicted molar refractivity (Wildman–Crippen MR) is 137 cm³/mol.